The molecule has 1 heterocycles. The second kappa shape index (κ2) is 8.85. The third-order valence-electron chi connectivity index (χ3n) is 3.16. The highest BCUT2D eigenvalue weighted by molar-refractivity contribution is 5.79. The fourth-order valence-electron chi connectivity index (χ4n) is 1.98. The highest BCUT2D eigenvalue weighted by atomic mass is 19.1. The van der Waals surface area contributed by atoms with E-state index < -0.39 is 0 Å². The van der Waals surface area contributed by atoms with Crippen LogP contribution in [-0.2, 0) is 6.54 Å². The molecule has 2 aromatic rings. The minimum Gasteiger partial charge on any atom is -0.489 e. The highest BCUT2D eigenvalue weighted by Crippen LogP contribution is 2.14. The molecular weight excluding hydrogens is 313 g/mol. The van der Waals surface area contributed by atoms with Gasteiger partial charge in [0.05, 0.1) is 6.54 Å². The maximum absolute atomic E-state index is 13.5. The number of aryl methyl sites for hydroxylation is 1. The molecule has 0 aliphatic rings. The lowest BCUT2D eigenvalue weighted by molar-refractivity contribution is 0.270. The number of aliphatic imine (C=N–C) groups is 1. The SMILES string of the molecule is CCNC(=NCc1noc(C)n1)N(C)CCOc1ccccc1F. The van der Waals surface area contributed by atoms with Crippen LogP contribution in [0.3, 0.4) is 0 Å². The van der Waals surface area contributed by atoms with Crippen LogP contribution in [0.15, 0.2) is 33.8 Å². The number of likely N-dealkylation sites (N-methyl/N-ethyl adjacent to an activating group) is 1. The summed E-state index contributed by atoms with van der Waals surface area (Å²) in [7, 11) is 1.88. The summed E-state index contributed by atoms with van der Waals surface area (Å²) in [5.74, 6) is 1.61. The quantitative estimate of drug-likeness (QED) is 0.616. The Balaban J connectivity index is 1.88. The molecule has 7 nitrogen and oxygen atoms in total. The van der Waals surface area contributed by atoms with E-state index in [0.29, 0.717) is 37.4 Å². The summed E-state index contributed by atoms with van der Waals surface area (Å²) in [6.07, 6.45) is 0. The number of hydrogen-bond donors (Lipinski definition) is 1. The number of rotatable bonds is 7. The Labute approximate surface area is 140 Å². The summed E-state index contributed by atoms with van der Waals surface area (Å²) < 4.78 is 23.9. The number of nitrogens with one attached hydrogen (secondary N) is 1. The van der Waals surface area contributed by atoms with Gasteiger partial charge < -0.3 is 19.5 Å². The number of para-hydroxylation sites is 1. The first kappa shape index (κ1) is 17.7. The van der Waals surface area contributed by atoms with E-state index in [-0.39, 0.29) is 11.6 Å². The normalized spacial score (nSPS) is 11.4. The molecule has 0 spiro atoms. The molecule has 0 aliphatic heterocycles. The number of ether oxygens (including phenoxy) is 1. The summed E-state index contributed by atoms with van der Waals surface area (Å²) >= 11 is 0. The van der Waals surface area contributed by atoms with Gasteiger partial charge >= 0.3 is 0 Å². The lowest BCUT2D eigenvalue weighted by atomic mass is 10.3. The Hall–Kier alpha value is -2.64. The van der Waals surface area contributed by atoms with Crippen molar-refractivity contribution < 1.29 is 13.7 Å². The lowest BCUT2D eigenvalue weighted by Gasteiger charge is -2.22. The predicted octanol–water partition coefficient (Wildman–Crippen LogP) is 1.99. The summed E-state index contributed by atoms with van der Waals surface area (Å²) in [4.78, 5) is 10.5. The second-order valence-corrected chi connectivity index (χ2v) is 5.10. The highest BCUT2D eigenvalue weighted by Gasteiger charge is 2.08. The van der Waals surface area contributed by atoms with Gasteiger partial charge in [-0.2, -0.15) is 4.98 Å². The molecule has 0 saturated heterocycles. The molecule has 1 aromatic heterocycles. The molecular formula is C16H22FN5O2. The molecule has 0 bridgehead atoms. The van der Waals surface area contributed by atoms with Crippen LogP contribution in [0, 0.1) is 12.7 Å². The van der Waals surface area contributed by atoms with E-state index in [0.717, 1.165) is 6.54 Å². The number of aromatic nitrogens is 2. The third kappa shape index (κ3) is 5.22. The van der Waals surface area contributed by atoms with Crippen molar-refractivity contribution in [3.63, 3.8) is 0 Å². The first-order chi connectivity index (χ1) is 11.6. The van der Waals surface area contributed by atoms with Crippen LogP contribution in [0.4, 0.5) is 4.39 Å². The van der Waals surface area contributed by atoms with Crippen molar-refractivity contribution in [3.8, 4) is 5.75 Å². The number of halogens is 1. The predicted molar refractivity (Wildman–Crippen MR) is 88.4 cm³/mol. The third-order valence-corrected chi connectivity index (χ3v) is 3.16. The van der Waals surface area contributed by atoms with Crippen LogP contribution >= 0.6 is 0 Å². The van der Waals surface area contributed by atoms with Crippen LogP contribution < -0.4 is 10.1 Å². The Bertz CT molecular complexity index is 674. The van der Waals surface area contributed by atoms with Gasteiger partial charge in [0.2, 0.25) is 5.89 Å². The van der Waals surface area contributed by atoms with E-state index in [9.17, 15) is 4.39 Å². The van der Waals surface area contributed by atoms with E-state index >= 15 is 0 Å². The number of hydrogen-bond acceptors (Lipinski definition) is 5. The standard InChI is InChI=1S/C16H22FN5O2/c1-4-18-16(19-11-15-20-12(2)24-21-15)22(3)9-10-23-14-8-6-5-7-13(14)17/h5-8H,4,9-11H2,1-3H3,(H,18,19). The maximum Gasteiger partial charge on any atom is 0.223 e. The van der Waals surface area contributed by atoms with Crippen LogP contribution in [0.2, 0.25) is 0 Å². The van der Waals surface area contributed by atoms with Crippen molar-refractivity contribution >= 4 is 5.96 Å². The molecule has 0 saturated carbocycles. The minimum atomic E-state index is -0.367. The number of guanidine groups is 1. The second-order valence-electron chi connectivity index (χ2n) is 5.10. The minimum absolute atomic E-state index is 0.245. The largest absolute Gasteiger partial charge is 0.489 e. The lowest BCUT2D eigenvalue weighted by Crippen LogP contribution is -2.40. The van der Waals surface area contributed by atoms with Crippen molar-refractivity contribution in [2.24, 2.45) is 4.99 Å². The average molecular weight is 335 g/mol. The molecule has 0 radical (unpaired) electrons. The zero-order chi connectivity index (χ0) is 17.4. The van der Waals surface area contributed by atoms with Crippen molar-refractivity contribution in [1.29, 1.82) is 0 Å². The monoisotopic (exact) mass is 335 g/mol. The number of benzene rings is 1. The van der Waals surface area contributed by atoms with Gasteiger partial charge in [-0.1, -0.05) is 17.3 Å². The summed E-state index contributed by atoms with van der Waals surface area (Å²) in [5.41, 5.74) is 0. The van der Waals surface area contributed by atoms with Gasteiger partial charge in [-0.15, -0.1) is 0 Å². The average Bonchev–Trinajstić information content (AvgIpc) is 2.98. The maximum atomic E-state index is 13.5. The molecule has 0 fully saturated rings. The van der Waals surface area contributed by atoms with E-state index in [1.165, 1.54) is 6.07 Å². The smallest absolute Gasteiger partial charge is 0.223 e. The van der Waals surface area contributed by atoms with Crippen LogP contribution in [0.5, 0.6) is 5.75 Å². The zero-order valence-electron chi connectivity index (χ0n) is 14.1. The molecule has 24 heavy (non-hydrogen) atoms. The fourth-order valence-corrected chi connectivity index (χ4v) is 1.98. The van der Waals surface area contributed by atoms with E-state index in [4.69, 9.17) is 9.26 Å². The van der Waals surface area contributed by atoms with Gasteiger partial charge in [-0.3, -0.25) is 0 Å². The van der Waals surface area contributed by atoms with Crippen LogP contribution in [0.1, 0.15) is 18.6 Å². The van der Waals surface area contributed by atoms with Gasteiger partial charge in [0.15, 0.2) is 23.4 Å². The molecule has 2 rings (SSSR count). The molecule has 8 heteroatoms. The Morgan fingerprint density at radius 3 is 2.88 bits per heavy atom. The first-order valence-electron chi connectivity index (χ1n) is 7.76. The molecule has 0 atom stereocenters. The van der Waals surface area contributed by atoms with E-state index in [1.54, 1.807) is 25.1 Å². The van der Waals surface area contributed by atoms with Gasteiger partial charge in [0.25, 0.3) is 0 Å². The Kier molecular flexibility index (Phi) is 6.53. The molecule has 130 valence electrons. The van der Waals surface area contributed by atoms with Gasteiger partial charge in [-0.05, 0) is 19.1 Å². The molecule has 0 unspecified atom stereocenters. The summed E-state index contributed by atoms with van der Waals surface area (Å²) in [6.45, 7) is 5.64. The van der Waals surface area contributed by atoms with Crippen molar-refractivity contribution in [1.82, 2.24) is 20.4 Å². The molecule has 1 N–H and O–H groups in total. The van der Waals surface area contributed by atoms with Crippen LogP contribution in [-0.4, -0.2) is 47.7 Å². The first-order valence-corrected chi connectivity index (χ1v) is 7.76. The van der Waals surface area contributed by atoms with Gasteiger partial charge in [0.1, 0.15) is 13.2 Å². The Morgan fingerprint density at radius 1 is 1.42 bits per heavy atom. The van der Waals surface area contributed by atoms with Gasteiger partial charge in [-0.25, -0.2) is 9.38 Å². The van der Waals surface area contributed by atoms with Crippen molar-refractivity contribution in [2.75, 3.05) is 26.7 Å². The van der Waals surface area contributed by atoms with Crippen molar-refractivity contribution in [2.45, 2.75) is 20.4 Å². The van der Waals surface area contributed by atoms with Crippen molar-refractivity contribution in [3.05, 3.63) is 41.8 Å². The van der Waals surface area contributed by atoms with Crippen LogP contribution in [0.25, 0.3) is 0 Å². The number of nitrogens with zero attached hydrogens (tertiary/aromatic N) is 4. The molecule has 1 aromatic carbocycles. The van der Waals surface area contributed by atoms with E-state index in [2.05, 4.69) is 20.4 Å². The Morgan fingerprint density at radius 2 is 2.21 bits per heavy atom. The zero-order valence-corrected chi connectivity index (χ0v) is 14.1. The topological polar surface area (TPSA) is 75.8 Å². The summed E-state index contributed by atoms with van der Waals surface area (Å²) in [6, 6.07) is 6.34. The molecule has 0 amide bonds. The molecule has 0 aliphatic carbocycles. The van der Waals surface area contributed by atoms with E-state index in [1.807, 2.05) is 18.9 Å². The fraction of sp³-hybridized carbons (Fsp3) is 0.438. The summed E-state index contributed by atoms with van der Waals surface area (Å²) in [5, 5.41) is 6.99. The van der Waals surface area contributed by atoms with Gasteiger partial charge in [0, 0.05) is 20.5 Å².